The van der Waals surface area contributed by atoms with Gasteiger partial charge >= 0.3 is 0 Å². The van der Waals surface area contributed by atoms with Crippen molar-refractivity contribution in [3.05, 3.63) is 107 Å². The van der Waals surface area contributed by atoms with E-state index in [1.165, 1.54) is 33.3 Å². The average molecular weight is 542 g/mol. The highest BCUT2D eigenvalue weighted by Crippen LogP contribution is 2.42. The zero-order valence-electron chi connectivity index (χ0n) is 22.0. The first-order valence-corrected chi connectivity index (χ1v) is 13.8. The van der Waals surface area contributed by atoms with Crippen molar-refractivity contribution in [1.29, 1.82) is 0 Å². The number of fused-ring (bicyclic) bond motifs is 1. The van der Waals surface area contributed by atoms with E-state index in [0.717, 1.165) is 36.6 Å². The van der Waals surface area contributed by atoms with Gasteiger partial charge in [0.25, 0.3) is 0 Å². The van der Waals surface area contributed by atoms with Gasteiger partial charge in [-0.05, 0) is 28.8 Å². The van der Waals surface area contributed by atoms with E-state index in [-0.39, 0.29) is 18.0 Å². The lowest BCUT2D eigenvalue weighted by atomic mass is 9.96. The van der Waals surface area contributed by atoms with Crippen LogP contribution in [0.3, 0.4) is 0 Å². The maximum absolute atomic E-state index is 11.2. The molecule has 200 valence electrons. The largest absolute Gasteiger partial charge is 0.493 e. The zero-order chi connectivity index (χ0) is 26.8. The molecule has 3 aromatic carbocycles. The normalized spacial score (nSPS) is 15.6. The van der Waals surface area contributed by atoms with Gasteiger partial charge in [-0.2, -0.15) is 9.61 Å². The van der Waals surface area contributed by atoms with Crippen molar-refractivity contribution in [2.75, 3.05) is 40.4 Å². The first kappa shape index (κ1) is 25.4. The molecule has 6 rings (SSSR count). The summed E-state index contributed by atoms with van der Waals surface area (Å²) in [6.45, 7) is 3.39. The highest BCUT2D eigenvalue weighted by atomic mass is 32.1. The number of aromatic nitrogens is 3. The van der Waals surface area contributed by atoms with Crippen molar-refractivity contribution >= 4 is 16.3 Å². The Kier molecular flexibility index (Phi) is 7.19. The van der Waals surface area contributed by atoms with Gasteiger partial charge in [-0.25, -0.2) is 4.98 Å². The molecule has 0 unspecified atom stereocenters. The number of methoxy groups -OCH3 is 2. The number of hydrogen-bond donors (Lipinski definition) is 1. The van der Waals surface area contributed by atoms with Gasteiger partial charge in [0.1, 0.15) is 6.33 Å². The van der Waals surface area contributed by atoms with Gasteiger partial charge in [0.05, 0.1) is 31.2 Å². The van der Waals surface area contributed by atoms with Gasteiger partial charge in [-0.3, -0.25) is 9.80 Å². The number of nitrogens with zero attached hydrogens (tertiary/aromatic N) is 5. The predicted octanol–water partition coefficient (Wildman–Crippen LogP) is 5.01. The Hall–Kier alpha value is -3.92. The van der Waals surface area contributed by atoms with Crippen LogP contribution in [0.2, 0.25) is 0 Å². The molecule has 1 aliphatic rings. The summed E-state index contributed by atoms with van der Waals surface area (Å²) in [4.78, 5) is 10.8. The smallest absolute Gasteiger partial charge is 0.230 e. The molecule has 0 aliphatic carbocycles. The Bertz CT molecular complexity index is 1490. The van der Waals surface area contributed by atoms with Crippen LogP contribution in [-0.4, -0.2) is 69.9 Å². The van der Waals surface area contributed by atoms with E-state index in [1.54, 1.807) is 14.2 Å². The molecule has 0 bridgehead atoms. The quantitative estimate of drug-likeness (QED) is 0.296. The highest BCUT2D eigenvalue weighted by molar-refractivity contribution is 7.17. The lowest BCUT2D eigenvalue weighted by molar-refractivity contribution is 0.0898. The minimum atomic E-state index is -0.188. The summed E-state index contributed by atoms with van der Waals surface area (Å²) >= 11 is 1.46. The van der Waals surface area contributed by atoms with Gasteiger partial charge in [-0.1, -0.05) is 78.1 Å². The second kappa shape index (κ2) is 11.1. The SMILES string of the molecule is COc1ccc([C@H](c2sc3ncnn3c2O)N2CCN(C(c3ccccc3)c3ccccc3)CC2)cc1OC. The highest BCUT2D eigenvalue weighted by Gasteiger charge is 2.34. The molecular weight excluding hydrogens is 510 g/mol. The van der Waals surface area contributed by atoms with Crippen LogP contribution in [0.15, 0.2) is 85.2 Å². The van der Waals surface area contributed by atoms with Gasteiger partial charge in [0.2, 0.25) is 10.8 Å². The molecule has 1 atom stereocenters. The molecule has 0 amide bonds. The fourth-order valence-electron chi connectivity index (χ4n) is 5.56. The van der Waals surface area contributed by atoms with E-state index in [2.05, 4.69) is 80.5 Å². The molecule has 5 aromatic rings. The van der Waals surface area contributed by atoms with Crippen LogP contribution in [0.25, 0.3) is 4.96 Å². The number of hydrogen-bond acceptors (Lipinski definition) is 8. The standard InChI is InChI=1S/C30H31N5O3S/c1-37-24-14-13-23(19-25(24)38-2)27(28-29(36)35-30(39-28)31-20-32-35)34-17-15-33(16-18-34)26(21-9-5-3-6-10-21)22-11-7-4-8-12-22/h3-14,19-20,26-27,36H,15-18H2,1-2H3/t27-/m1/s1. The van der Waals surface area contributed by atoms with E-state index in [1.807, 2.05) is 18.2 Å². The van der Waals surface area contributed by atoms with E-state index >= 15 is 0 Å². The first-order valence-electron chi connectivity index (χ1n) is 13.0. The summed E-state index contributed by atoms with van der Waals surface area (Å²) in [6, 6.07) is 27.4. The maximum Gasteiger partial charge on any atom is 0.230 e. The van der Waals surface area contributed by atoms with E-state index in [4.69, 9.17) is 9.47 Å². The molecule has 0 spiro atoms. The van der Waals surface area contributed by atoms with Crippen LogP contribution in [0.1, 0.15) is 33.7 Å². The number of ether oxygens (including phenoxy) is 2. The molecule has 1 saturated heterocycles. The van der Waals surface area contributed by atoms with Crippen molar-refractivity contribution in [2.24, 2.45) is 0 Å². The Morgan fingerprint density at radius 2 is 1.33 bits per heavy atom. The molecule has 1 N–H and O–H groups in total. The third kappa shape index (κ3) is 4.85. The molecule has 1 aliphatic heterocycles. The van der Waals surface area contributed by atoms with Crippen LogP contribution in [-0.2, 0) is 0 Å². The Morgan fingerprint density at radius 1 is 0.744 bits per heavy atom. The fraction of sp³-hybridized carbons (Fsp3) is 0.267. The van der Waals surface area contributed by atoms with E-state index < -0.39 is 0 Å². The Morgan fingerprint density at radius 3 is 1.90 bits per heavy atom. The Balaban J connectivity index is 1.34. The van der Waals surface area contributed by atoms with Crippen molar-refractivity contribution in [3.63, 3.8) is 0 Å². The lowest BCUT2D eigenvalue weighted by Gasteiger charge is -2.42. The van der Waals surface area contributed by atoms with E-state index in [0.29, 0.717) is 16.5 Å². The number of benzene rings is 3. The fourth-order valence-corrected chi connectivity index (χ4v) is 6.65. The van der Waals surface area contributed by atoms with Crippen molar-refractivity contribution in [2.45, 2.75) is 12.1 Å². The molecule has 8 nitrogen and oxygen atoms in total. The van der Waals surface area contributed by atoms with E-state index in [9.17, 15) is 5.11 Å². The van der Waals surface area contributed by atoms with Crippen LogP contribution in [0.5, 0.6) is 17.4 Å². The third-order valence-electron chi connectivity index (χ3n) is 7.42. The molecule has 2 aromatic heterocycles. The van der Waals surface area contributed by atoms with Crippen LogP contribution in [0.4, 0.5) is 0 Å². The minimum Gasteiger partial charge on any atom is -0.493 e. The third-order valence-corrected chi connectivity index (χ3v) is 8.51. The lowest BCUT2D eigenvalue weighted by Crippen LogP contribution is -2.49. The van der Waals surface area contributed by atoms with Crippen LogP contribution < -0.4 is 9.47 Å². The summed E-state index contributed by atoms with van der Waals surface area (Å²) in [5.41, 5.74) is 3.59. The molecule has 0 saturated carbocycles. The summed E-state index contributed by atoms with van der Waals surface area (Å²) in [7, 11) is 3.28. The first-order chi connectivity index (χ1) is 19.2. The van der Waals surface area contributed by atoms with Gasteiger partial charge < -0.3 is 14.6 Å². The summed E-state index contributed by atoms with van der Waals surface area (Å²) in [5.74, 6) is 1.46. The second-order valence-electron chi connectivity index (χ2n) is 9.56. The number of rotatable bonds is 8. The van der Waals surface area contributed by atoms with Crippen LogP contribution >= 0.6 is 11.3 Å². The van der Waals surface area contributed by atoms with Crippen molar-refractivity contribution in [3.8, 4) is 17.4 Å². The summed E-state index contributed by atoms with van der Waals surface area (Å²) < 4.78 is 12.6. The number of thiazole rings is 1. The molecule has 0 radical (unpaired) electrons. The van der Waals surface area contributed by atoms with Gasteiger partial charge in [0.15, 0.2) is 11.5 Å². The molecule has 3 heterocycles. The summed E-state index contributed by atoms with van der Waals surface area (Å²) in [6.07, 6.45) is 1.47. The second-order valence-corrected chi connectivity index (χ2v) is 10.6. The minimum absolute atomic E-state index is 0.126. The molecule has 1 fully saturated rings. The summed E-state index contributed by atoms with van der Waals surface area (Å²) in [5, 5.41) is 15.4. The number of piperazine rings is 1. The van der Waals surface area contributed by atoms with Gasteiger partial charge in [-0.15, -0.1) is 0 Å². The zero-order valence-corrected chi connectivity index (χ0v) is 22.8. The number of aromatic hydroxyl groups is 1. The molecule has 39 heavy (non-hydrogen) atoms. The van der Waals surface area contributed by atoms with Crippen molar-refractivity contribution < 1.29 is 14.6 Å². The Labute approximate surface area is 231 Å². The van der Waals surface area contributed by atoms with Gasteiger partial charge in [0, 0.05) is 26.2 Å². The maximum atomic E-state index is 11.2. The molecular formula is C30H31N5O3S. The monoisotopic (exact) mass is 541 g/mol. The molecule has 9 heteroatoms. The topological polar surface area (TPSA) is 75.4 Å². The van der Waals surface area contributed by atoms with Crippen molar-refractivity contribution in [1.82, 2.24) is 24.4 Å². The average Bonchev–Trinajstić information content (AvgIpc) is 3.58. The predicted molar refractivity (Wildman–Crippen MR) is 152 cm³/mol. The van der Waals surface area contributed by atoms with Crippen LogP contribution in [0, 0.1) is 0 Å².